The van der Waals surface area contributed by atoms with Crippen molar-refractivity contribution in [1.82, 2.24) is 10.2 Å². The molecule has 2 aliphatic heterocycles. The van der Waals surface area contributed by atoms with Gasteiger partial charge in [-0.2, -0.15) is 0 Å². The van der Waals surface area contributed by atoms with Crippen LogP contribution in [0.2, 0.25) is 0 Å². The molecule has 0 amide bonds. The largest absolute Gasteiger partial charge is 0.380 e. The third-order valence-electron chi connectivity index (χ3n) is 3.37. The number of ether oxygens (including phenoxy) is 1. The third-order valence-corrected chi connectivity index (χ3v) is 3.37. The van der Waals surface area contributed by atoms with Crippen molar-refractivity contribution in [3.63, 3.8) is 0 Å². The summed E-state index contributed by atoms with van der Waals surface area (Å²) in [5.74, 6) is 0. The van der Waals surface area contributed by atoms with E-state index in [0.29, 0.717) is 6.04 Å². The van der Waals surface area contributed by atoms with Gasteiger partial charge in [-0.3, -0.25) is 4.90 Å². The lowest BCUT2D eigenvalue weighted by Crippen LogP contribution is -2.41. The Morgan fingerprint density at radius 1 is 1.43 bits per heavy atom. The Bertz CT molecular complexity index is 169. The molecule has 2 aliphatic rings. The molecule has 2 atom stereocenters. The van der Waals surface area contributed by atoms with Gasteiger partial charge in [0.2, 0.25) is 0 Å². The molecule has 0 bridgehead atoms. The summed E-state index contributed by atoms with van der Waals surface area (Å²) in [5.41, 5.74) is 0. The second kappa shape index (κ2) is 5.10. The van der Waals surface area contributed by atoms with E-state index in [-0.39, 0.29) is 0 Å². The number of rotatable bonds is 3. The molecule has 3 nitrogen and oxygen atoms in total. The van der Waals surface area contributed by atoms with Gasteiger partial charge in [-0.1, -0.05) is 6.92 Å². The van der Waals surface area contributed by atoms with Crippen LogP contribution in [0.3, 0.4) is 0 Å². The maximum atomic E-state index is 5.53. The predicted molar refractivity (Wildman–Crippen MR) is 57.5 cm³/mol. The van der Waals surface area contributed by atoms with Crippen molar-refractivity contribution in [2.75, 3.05) is 32.8 Å². The average molecular weight is 198 g/mol. The van der Waals surface area contributed by atoms with E-state index in [1.54, 1.807) is 0 Å². The van der Waals surface area contributed by atoms with E-state index >= 15 is 0 Å². The molecule has 1 N–H and O–H groups in total. The van der Waals surface area contributed by atoms with E-state index in [0.717, 1.165) is 25.8 Å². The van der Waals surface area contributed by atoms with E-state index in [9.17, 15) is 0 Å². The van der Waals surface area contributed by atoms with Crippen LogP contribution in [0.15, 0.2) is 0 Å². The Hall–Kier alpha value is -0.120. The van der Waals surface area contributed by atoms with E-state index in [1.807, 2.05) is 0 Å². The maximum Gasteiger partial charge on any atom is 0.0621 e. The molecule has 2 saturated heterocycles. The molecule has 82 valence electrons. The molecular weight excluding hydrogens is 176 g/mol. The van der Waals surface area contributed by atoms with Gasteiger partial charge < -0.3 is 10.1 Å². The van der Waals surface area contributed by atoms with E-state index in [1.165, 1.54) is 32.4 Å². The summed E-state index contributed by atoms with van der Waals surface area (Å²) in [7, 11) is 0. The van der Waals surface area contributed by atoms with Gasteiger partial charge in [0.25, 0.3) is 0 Å². The second-order valence-corrected chi connectivity index (χ2v) is 4.41. The summed E-state index contributed by atoms with van der Waals surface area (Å²) >= 11 is 0. The Balaban J connectivity index is 1.76. The fourth-order valence-corrected chi connectivity index (χ4v) is 2.59. The normalized spacial score (nSPS) is 34.9. The topological polar surface area (TPSA) is 24.5 Å². The average Bonchev–Trinajstić information content (AvgIpc) is 2.68. The van der Waals surface area contributed by atoms with Crippen LogP contribution in [-0.4, -0.2) is 49.8 Å². The molecule has 0 aromatic rings. The fourth-order valence-electron chi connectivity index (χ4n) is 2.59. The van der Waals surface area contributed by atoms with Crippen LogP contribution in [0.5, 0.6) is 0 Å². The summed E-state index contributed by atoms with van der Waals surface area (Å²) in [4.78, 5) is 2.60. The van der Waals surface area contributed by atoms with Crippen molar-refractivity contribution in [3.8, 4) is 0 Å². The molecular formula is C11H22N2O. The number of hydrogen-bond acceptors (Lipinski definition) is 3. The SMILES string of the molecule is CCNC1CCN(C2CCCOC2)C1. The van der Waals surface area contributed by atoms with Gasteiger partial charge in [0.05, 0.1) is 6.61 Å². The molecule has 2 unspecified atom stereocenters. The highest BCUT2D eigenvalue weighted by Crippen LogP contribution is 2.19. The van der Waals surface area contributed by atoms with Gasteiger partial charge in [-0.15, -0.1) is 0 Å². The highest BCUT2D eigenvalue weighted by Gasteiger charge is 2.28. The van der Waals surface area contributed by atoms with Crippen molar-refractivity contribution in [2.45, 2.75) is 38.3 Å². The van der Waals surface area contributed by atoms with Gasteiger partial charge in [0.1, 0.15) is 0 Å². The van der Waals surface area contributed by atoms with Crippen LogP contribution in [0.1, 0.15) is 26.2 Å². The monoisotopic (exact) mass is 198 g/mol. The molecule has 0 radical (unpaired) electrons. The van der Waals surface area contributed by atoms with E-state index in [2.05, 4.69) is 17.1 Å². The Kier molecular flexibility index (Phi) is 3.79. The third kappa shape index (κ3) is 2.47. The maximum absolute atomic E-state index is 5.53. The minimum absolute atomic E-state index is 0.701. The lowest BCUT2D eigenvalue weighted by Gasteiger charge is -2.30. The lowest BCUT2D eigenvalue weighted by molar-refractivity contribution is 0.0261. The highest BCUT2D eigenvalue weighted by atomic mass is 16.5. The summed E-state index contributed by atoms with van der Waals surface area (Å²) in [6.07, 6.45) is 3.89. The predicted octanol–water partition coefficient (Wildman–Crippen LogP) is 0.849. The molecule has 3 heteroatoms. The number of nitrogens with zero attached hydrogens (tertiary/aromatic N) is 1. The lowest BCUT2D eigenvalue weighted by atomic mass is 10.1. The summed E-state index contributed by atoms with van der Waals surface area (Å²) in [5, 5.41) is 3.53. The van der Waals surface area contributed by atoms with Crippen LogP contribution in [-0.2, 0) is 4.74 Å². The molecule has 2 fully saturated rings. The van der Waals surface area contributed by atoms with Crippen LogP contribution in [0.4, 0.5) is 0 Å². The minimum Gasteiger partial charge on any atom is -0.380 e. The Morgan fingerprint density at radius 3 is 3.07 bits per heavy atom. The first-order chi connectivity index (χ1) is 6.90. The van der Waals surface area contributed by atoms with Crippen molar-refractivity contribution in [1.29, 1.82) is 0 Å². The van der Waals surface area contributed by atoms with Crippen LogP contribution >= 0.6 is 0 Å². The number of likely N-dealkylation sites (tertiary alicyclic amines) is 1. The zero-order chi connectivity index (χ0) is 9.80. The number of hydrogen-bond donors (Lipinski definition) is 1. The van der Waals surface area contributed by atoms with Gasteiger partial charge in [-0.05, 0) is 25.8 Å². The summed E-state index contributed by atoms with van der Waals surface area (Å²) in [6, 6.07) is 1.43. The van der Waals surface area contributed by atoms with Crippen molar-refractivity contribution >= 4 is 0 Å². The quantitative estimate of drug-likeness (QED) is 0.727. The standard InChI is InChI=1S/C11H22N2O/c1-2-12-10-5-6-13(8-10)11-4-3-7-14-9-11/h10-12H,2-9H2,1H3. The molecule has 0 spiro atoms. The molecule has 2 rings (SSSR count). The number of likely N-dealkylation sites (N-methyl/N-ethyl adjacent to an activating group) is 1. The van der Waals surface area contributed by atoms with Gasteiger partial charge in [0.15, 0.2) is 0 Å². The molecule has 0 aliphatic carbocycles. The second-order valence-electron chi connectivity index (χ2n) is 4.41. The Morgan fingerprint density at radius 2 is 2.36 bits per heavy atom. The first-order valence-corrected chi connectivity index (χ1v) is 5.95. The first kappa shape index (κ1) is 10.4. The zero-order valence-corrected chi connectivity index (χ0v) is 9.17. The van der Waals surface area contributed by atoms with Crippen LogP contribution < -0.4 is 5.32 Å². The van der Waals surface area contributed by atoms with Crippen molar-refractivity contribution < 1.29 is 4.74 Å². The van der Waals surface area contributed by atoms with Crippen LogP contribution in [0.25, 0.3) is 0 Å². The van der Waals surface area contributed by atoms with E-state index < -0.39 is 0 Å². The van der Waals surface area contributed by atoms with Crippen LogP contribution in [0, 0.1) is 0 Å². The zero-order valence-electron chi connectivity index (χ0n) is 9.17. The van der Waals surface area contributed by atoms with E-state index in [4.69, 9.17) is 4.74 Å². The first-order valence-electron chi connectivity index (χ1n) is 5.95. The minimum atomic E-state index is 0.701. The van der Waals surface area contributed by atoms with Gasteiger partial charge >= 0.3 is 0 Å². The molecule has 14 heavy (non-hydrogen) atoms. The molecule has 2 heterocycles. The smallest absolute Gasteiger partial charge is 0.0621 e. The summed E-state index contributed by atoms with van der Waals surface area (Å²) < 4.78 is 5.53. The Labute approximate surface area is 86.8 Å². The summed E-state index contributed by atoms with van der Waals surface area (Å²) in [6.45, 7) is 7.69. The molecule has 0 aromatic carbocycles. The van der Waals surface area contributed by atoms with Gasteiger partial charge in [0, 0.05) is 31.8 Å². The number of nitrogens with one attached hydrogen (secondary N) is 1. The van der Waals surface area contributed by atoms with Gasteiger partial charge in [-0.25, -0.2) is 0 Å². The molecule has 0 aromatic heterocycles. The highest BCUT2D eigenvalue weighted by molar-refractivity contribution is 4.85. The van der Waals surface area contributed by atoms with Crippen molar-refractivity contribution in [3.05, 3.63) is 0 Å². The molecule has 0 saturated carbocycles. The fraction of sp³-hybridized carbons (Fsp3) is 1.00. The van der Waals surface area contributed by atoms with Crippen molar-refractivity contribution in [2.24, 2.45) is 0 Å².